The van der Waals surface area contributed by atoms with E-state index in [1.54, 1.807) is 6.07 Å². The maximum atomic E-state index is 12.7. The predicted octanol–water partition coefficient (Wildman–Crippen LogP) is 5.42. The highest BCUT2D eigenvalue weighted by Crippen LogP contribution is 2.37. The van der Waals surface area contributed by atoms with Crippen LogP contribution in [-0.2, 0) is 11.0 Å². The molecule has 0 aromatic heterocycles. The fourth-order valence-corrected chi connectivity index (χ4v) is 3.73. The molecule has 2 rings (SSSR count). The van der Waals surface area contributed by atoms with Crippen LogP contribution in [0.2, 0.25) is 0 Å². The summed E-state index contributed by atoms with van der Waals surface area (Å²) in [4.78, 5) is 14.3. The van der Waals surface area contributed by atoms with E-state index in [1.807, 2.05) is 36.9 Å². The summed E-state index contributed by atoms with van der Waals surface area (Å²) in [5.74, 6) is -0.272. The number of aliphatic carboxylic acids is 1. The fraction of sp³-hybridized carbons (Fsp3) is 0.381. The van der Waals surface area contributed by atoms with Crippen LogP contribution >= 0.6 is 11.8 Å². The lowest BCUT2D eigenvalue weighted by Crippen LogP contribution is -2.42. The highest BCUT2D eigenvalue weighted by atomic mass is 32.2. The molecule has 0 heterocycles. The minimum Gasteiger partial charge on any atom is -0.491 e. The summed E-state index contributed by atoms with van der Waals surface area (Å²) in [5.41, 5.74) is -0.685. The van der Waals surface area contributed by atoms with Crippen LogP contribution in [-0.4, -0.2) is 41.7 Å². The first-order valence-corrected chi connectivity index (χ1v) is 10.1. The molecule has 158 valence electrons. The normalized spacial score (nSPS) is 12.8. The number of para-hydroxylation sites is 1. The molecule has 29 heavy (non-hydrogen) atoms. The SMILES string of the molecule is CCC(COc1ccccc1Sc1ccc(C(F)(F)F)cc1)N(CC)CC(=O)O. The Hall–Kier alpha value is -2.19. The molecule has 8 heteroatoms. The van der Waals surface area contributed by atoms with Crippen LogP contribution in [0.15, 0.2) is 58.3 Å². The molecule has 1 atom stereocenters. The number of carbonyl (C=O) groups is 1. The lowest BCUT2D eigenvalue weighted by molar-refractivity contribution is -0.139. The molecule has 0 aliphatic carbocycles. The quantitative estimate of drug-likeness (QED) is 0.549. The van der Waals surface area contributed by atoms with E-state index in [9.17, 15) is 18.0 Å². The van der Waals surface area contributed by atoms with Gasteiger partial charge in [0, 0.05) is 10.9 Å². The van der Waals surface area contributed by atoms with Crippen LogP contribution in [0.25, 0.3) is 0 Å². The van der Waals surface area contributed by atoms with Gasteiger partial charge >= 0.3 is 12.1 Å². The van der Waals surface area contributed by atoms with E-state index in [2.05, 4.69) is 0 Å². The number of hydrogen-bond acceptors (Lipinski definition) is 4. The third-order valence-corrected chi connectivity index (χ3v) is 5.49. The van der Waals surface area contributed by atoms with Gasteiger partial charge in [0.25, 0.3) is 0 Å². The van der Waals surface area contributed by atoms with Crippen molar-refractivity contribution in [1.82, 2.24) is 4.90 Å². The maximum absolute atomic E-state index is 12.7. The van der Waals surface area contributed by atoms with Crippen LogP contribution in [0.3, 0.4) is 0 Å². The highest BCUT2D eigenvalue weighted by molar-refractivity contribution is 7.99. The number of halogens is 3. The average Bonchev–Trinajstić information content (AvgIpc) is 2.68. The minimum atomic E-state index is -4.36. The van der Waals surface area contributed by atoms with Crippen molar-refractivity contribution < 1.29 is 27.8 Å². The molecule has 0 saturated heterocycles. The molecule has 0 saturated carbocycles. The lowest BCUT2D eigenvalue weighted by atomic mass is 10.2. The van der Waals surface area contributed by atoms with E-state index in [0.717, 1.165) is 23.4 Å². The first-order chi connectivity index (χ1) is 13.7. The van der Waals surface area contributed by atoms with E-state index < -0.39 is 17.7 Å². The van der Waals surface area contributed by atoms with Crippen molar-refractivity contribution in [3.63, 3.8) is 0 Å². The van der Waals surface area contributed by atoms with Gasteiger partial charge in [-0.15, -0.1) is 0 Å². The summed E-state index contributed by atoms with van der Waals surface area (Å²) in [6.45, 7) is 4.74. The number of likely N-dealkylation sites (N-methyl/N-ethyl adjacent to an activating group) is 1. The first-order valence-electron chi connectivity index (χ1n) is 9.27. The molecular formula is C21H24F3NO3S. The third-order valence-electron chi connectivity index (χ3n) is 4.42. The third kappa shape index (κ3) is 6.97. The monoisotopic (exact) mass is 427 g/mol. The number of carboxylic acids is 1. The molecule has 2 aromatic carbocycles. The number of alkyl halides is 3. The Morgan fingerprint density at radius 2 is 1.79 bits per heavy atom. The first kappa shape index (κ1) is 23.1. The van der Waals surface area contributed by atoms with Crippen LogP contribution in [0.5, 0.6) is 5.75 Å². The van der Waals surface area contributed by atoms with E-state index in [4.69, 9.17) is 9.84 Å². The van der Waals surface area contributed by atoms with Crippen molar-refractivity contribution in [3.05, 3.63) is 54.1 Å². The molecule has 1 N–H and O–H groups in total. The molecule has 4 nitrogen and oxygen atoms in total. The van der Waals surface area contributed by atoms with Crippen molar-refractivity contribution in [2.45, 2.75) is 42.3 Å². The van der Waals surface area contributed by atoms with Gasteiger partial charge in [0.15, 0.2) is 0 Å². The Labute approximate surface area is 172 Å². The summed E-state index contributed by atoms with van der Waals surface area (Å²) in [7, 11) is 0. The topological polar surface area (TPSA) is 49.8 Å². The average molecular weight is 427 g/mol. The highest BCUT2D eigenvalue weighted by Gasteiger charge is 2.30. The van der Waals surface area contributed by atoms with Gasteiger partial charge in [-0.25, -0.2) is 0 Å². The minimum absolute atomic E-state index is 0.0552. The standard InChI is InChI=1S/C21H24F3NO3S/c1-3-16(25(4-2)13-20(26)27)14-28-18-7-5-6-8-19(18)29-17-11-9-15(10-12-17)21(22,23)24/h5-12,16H,3-4,13-14H2,1-2H3,(H,26,27). The van der Waals surface area contributed by atoms with E-state index in [0.29, 0.717) is 23.8 Å². The Bertz CT molecular complexity index is 797. The van der Waals surface area contributed by atoms with Crippen molar-refractivity contribution in [2.75, 3.05) is 19.7 Å². The van der Waals surface area contributed by atoms with Gasteiger partial charge < -0.3 is 9.84 Å². The Balaban J connectivity index is 2.09. The van der Waals surface area contributed by atoms with E-state index >= 15 is 0 Å². The Morgan fingerprint density at radius 3 is 2.34 bits per heavy atom. The number of nitrogens with zero attached hydrogens (tertiary/aromatic N) is 1. The lowest BCUT2D eigenvalue weighted by Gasteiger charge is -2.28. The van der Waals surface area contributed by atoms with Crippen molar-refractivity contribution in [3.8, 4) is 5.75 Å². The van der Waals surface area contributed by atoms with E-state index in [-0.39, 0.29) is 12.6 Å². The van der Waals surface area contributed by atoms with Crippen molar-refractivity contribution >= 4 is 17.7 Å². The zero-order valence-corrected chi connectivity index (χ0v) is 17.1. The number of ether oxygens (including phenoxy) is 1. The number of benzene rings is 2. The van der Waals surface area contributed by atoms with E-state index in [1.165, 1.54) is 23.9 Å². The number of rotatable bonds is 10. The maximum Gasteiger partial charge on any atom is 0.416 e. The second kappa shape index (κ2) is 10.5. The van der Waals surface area contributed by atoms with Gasteiger partial charge in [-0.2, -0.15) is 13.2 Å². The molecule has 2 aromatic rings. The van der Waals surface area contributed by atoms with Gasteiger partial charge in [-0.3, -0.25) is 9.69 Å². The van der Waals surface area contributed by atoms with Crippen LogP contribution < -0.4 is 4.74 Å². The second-order valence-electron chi connectivity index (χ2n) is 6.40. The van der Waals surface area contributed by atoms with Gasteiger partial charge in [0.1, 0.15) is 12.4 Å². The molecule has 0 spiro atoms. The molecule has 0 radical (unpaired) electrons. The summed E-state index contributed by atoms with van der Waals surface area (Å²) >= 11 is 1.32. The zero-order valence-electron chi connectivity index (χ0n) is 16.3. The summed E-state index contributed by atoms with van der Waals surface area (Å²) in [6.07, 6.45) is -3.63. The molecule has 0 fully saturated rings. The van der Waals surface area contributed by atoms with Gasteiger partial charge in [0.2, 0.25) is 0 Å². The molecule has 0 amide bonds. The van der Waals surface area contributed by atoms with Crippen LogP contribution in [0, 0.1) is 0 Å². The number of hydrogen-bond donors (Lipinski definition) is 1. The second-order valence-corrected chi connectivity index (χ2v) is 7.52. The van der Waals surface area contributed by atoms with Crippen LogP contribution in [0.1, 0.15) is 25.8 Å². The smallest absolute Gasteiger partial charge is 0.416 e. The summed E-state index contributed by atoms with van der Waals surface area (Å²) in [5, 5.41) is 9.07. The van der Waals surface area contributed by atoms with Crippen molar-refractivity contribution in [2.24, 2.45) is 0 Å². The fourth-order valence-electron chi connectivity index (χ4n) is 2.83. The molecule has 0 aliphatic heterocycles. The van der Waals surface area contributed by atoms with Gasteiger partial charge in [-0.1, -0.05) is 37.7 Å². The molecular weight excluding hydrogens is 403 g/mol. The van der Waals surface area contributed by atoms with Crippen LogP contribution in [0.4, 0.5) is 13.2 Å². The molecule has 0 aliphatic rings. The summed E-state index contributed by atoms with van der Waals surface area (Å²) < 4.78 is 44.1. The zero-order chi connectivity index (χ0) is 21.4. The van der Waals surface area contributed by atoms with Crippen molar-refractivity contribution in [1.29, 1.82) is 0 Å². The van der Waals surface area contributed by atoms with Gasteiger partial charge in [-0.05, 0) is 49.4 Å². The Morgan fingerprint density at radius 1 is 1.14 bits per heavy atom. The predicted molar refractivity (Wildman–Crippen MR) is 106 cm³/mol. The molecule has 1 unspecified atom stereocenters. The number of carboxylic acid groups (broad SMARTS) is 1. The summed E-state index contributed by atoms with van der Waals surface area (Å²) in [6, 6.07) is 12.2. The van der Waals surface area contributed by atoms with Gasteiger partial charge in [0.05, 0.1) is 17.0 Å². The largest absolute Gasteiger partial charge is 0.491 e. The molecule has 0 bridgehead atoms. The Kier molecular flexibility index (Phi) is 8.40.